The lowest BCUT2D eigenvalue weighted by Gasteiger charge is -2.22. The number of pyridine rings is 1. The van der Waals surface area contributed by atoms with Crippen molar-refractivity contribution in [2.75, 3.05) is 5.75 Å². The molecule has 5 heteroatoms. The van der Waals surface area contributed by atoms with Gasteiger partial charge in [0.1, 0.15) is 0 Å². The smallest absolute Gasteiger partial charge is 0.303 e. The lowest BCUT2D eigenvalue weighted by atomic mass is 9.93. The van der Waals surface area contributed by atoms with E-state index >= 15 is 0 Å². The lowest BCUT2D eigenvalue weighted by molar-refractivity contribution is -0.138. The Balaban J connectivity index is 1.36. The first kappa shape index (κ1) is 28.4. The van der Waals surface area contributed by atoms with Crippen molar-refractivity contribution < 1.29 is 9.90 Å². The molecule has 0 saturated heterocycles. The van der Waals surface area contributed by atoms with Gasteiger partial charge in [-0.1, -0.05) is 92.2 Å². The van der Waals surface area contributed by atoms with E-state index < -0.39 is 5.97 Å². The molecule has 3 nitrogen and oxygen atoms in total. The van der Waals surface area contributed by atoms with Gasteiger partial charge in [0.05, 0.1) is 17.6 Å². The summed E-state index contributed by atoms with van der Waals surface area (Å²) in [7, 11) is 0. The number of carboxylic acid groups (broad SMARTS) is 1. The maximum Gasteiger partial charge on any atom is 0.303 e. The molecule has 1 heterocycles. The molecule has 1 aliphatic rings. The minimum absolute atomic E-state index is 0.0350. The number of fused-ring (bicyclic) bond motifs is 1. The van der Waals surface area contributed by atoms with Gasteiger partial charge in [-0.15, -0.1) is 0 Å². The fraction of sp³-hybridized carbons (Fsp3) is 0.314. The summed E-state index contributed by atoms with van der Waals surface area (Å²) in [6.45, 7) is 4.51. The van der Waals surface area contributed by atoms with Crippen LogP contribution in [0.3, 0.4) is 0 Å². The van der Waals surface area contributed by atoms with E-state index in [0.29, 0.717) is 16.2 Å². The van der Waals surface area contributed by atoms with Crippen LogP contribution < -0.4 is 0 Å². The van der Waals surface area contributed by atoms with Crippen molar-refractivity contribution in [2.45, 2.75) is 57.1 Å². The molecule has 4 aromatic rings. The van der Waals surface area contributed by atoms with Crippen molar-refractivity contribution in [3.63, 3.8) is 0 Å². The number of hydrogen-bond acceptors (Lipinski definition) is 3. The first-order valence-corrected chi connectivity index (χ1v) is 15.5. The number of benzene rings is 3. The van der Waals surface area contributed by atoms with Gasteiger partial charge in [-0.2, -0.15) is 11.8 Å². The molecule has 1 aromatic heterocycles. The normalized spacial score (nSPS) is 15.1. The zero-order chi connectivity index (χ0) is 28.1. The average molecular weight is 570 g/mol. The molecule has 0 amide bonds. The lowest BCUT2D eigenvalue weighted by Crippen LogP contribution is -2.12. The summed E-state index contributed by atoms with van der Waals surface area (Å²) >= 11 is 8.11. The van der Waals surface area contributed by atoms with Crippen LogP contribution in [0.5, 0.6) is 0 Å². The highest BCUT2D eigenvalue weighted by molar-refractivity contribution is 7.99. The molecule has 5 rings (SSSR count). The number of hydrogen-bond donors (Lipinski definition) is 1. The second-order valence-corrected chi connectivity index (χ2v) is 13.0. The van der Waals surface area contributed by atoms with Crippen molar-refractivity contribution in [2.24, 2.45) is 5.41 Å². The quantitative estimate of drug-likeness (QED) is 0.184. The van der Waals surface area contributed by atoms with Crippen molar-refractivity contribution in [3.05, 3.63) is 112 Å². The second kappa shape index (κ2) is 12.6. The van der Waals surface area contributed by atoms with Gasteiger partial charge in [0.25, 0.3) is 0 Å². The summed E-state index contributed by atoms with van der Waals surface area (Å²) in [4.78, 5) is 16.2. The van der Waals surface area contributed by atoms with E-state index in [2.05, 4.69) is 74.5 Å². The Morgan fingerprint density at radius 2 is 1.82 bits per heavy atom. The molecule has 40 heavy (non-hydrogen) atoms. The van der Waals surface area contributed by atoms with Crippen LogP contribution in [0.4, 0.5) is 0 Å². The third-order valence-corrected chi connectivity index (χ3v) is 9.76. The van der Waals surface area contributed by atoms with E-state index in [9.17, 15) is 9.90 Å². The van der Waals surface area contributed by atoms with E-state index in [-0.39, 0.29) is 11.8 Å². The number of aryl methyl sites for hydroxylation is 1. The van der Waals surface area contributed by atoms with Crippen LogP contribution in [-0.4, -0.2) is 21.8 Å². The maximum absolute atomic E-state index is 11.5. The molecule has 1 N–H and O–H groups in total. The number of halogens is 1. The monoisotopic (exact) mass is 569 g/mol. The molecular weight excluding hydrogens is 534 g/mol. The molecule has 1 saturated carbocycles. The molecule has 0 unspecified atom stereocenters. The standard InChI is InChI=1S/C35H36ClNO2S/c1-24(2)31-9-4-3-7-26(31)13-17-33(40-23-35(18-19-35)22-34(38)39)28-8-5-6-25(20-28)10-15-30-16-12-27-11-14-29(36)21-32(27)37-30/h3-12,14-16,20-21,24,33H,13,17-19,22-23H2,1-2H3,(H,38,39)/b15-10+/t33-/m1/s1. The SMILES string of the molecule is CC(C)c1ccccc1CC[C@@H](SCC1(CC(=O)O)CC1)c1cccc(/C=C/c2ccc3ccc(Cl)cc3n2)c1. The number of aliphatic carboxylic acids is 1. The molecular formula is C35H36ClNO2S. The van der Waals surface area contributed by atoms with Gasteiger partial charge >= 0.3 is 5.97 Å². The van der Waals surface area contributed by atoms with Gasteiger partial charge in [-0.05, 0) is 83.5 Å². The van der Waals surface area contributed by atoms with Crippen molar-refractivity contribution in [3.8, 4) is 0 Å². The van der Waals surface area contributed by atoms with Crippen LogP contribution >= 0.6 is 23.4 Å². The van der Waals surface area contributed by atoms with E-state index in [1.54, 1.807) is 0 Å². The zero-order valence-corrected chi connectivity index (χ0v) is 24.7. The van der Waals surface area contributed by atoms with Crippen LogP contribution in [0.25, 0.3) is 23.1 Å². The molecule has 0 radical (unpaired) electrons. The summed E-state index contributed by atoms with van der Waals surface area (Å²) in [5, 5.41) is 11.5. The van der Waals surface area contributed by atoms with Crippen LogP contribution in [0.2, 0.25) is 5.02 Å². The number of aromatic nitrogens is 1. The number of thioether (sulfide) groups is 1. The Hall–Kier alpha value is -3.08. The topological polar surface area (TPSA) is 50.2 Å². The molecule has 0 aliphatic heterocycles. The number of rotatable bonds is 12. The van der Waals surface area contributed by atoms with Crippen LogP contribution in [-0.2, 0) is 11.2 Å². The zero-order valence-electron chi connectivity index (χ0n) is 23.1. The average Bonchev–Trinajstić information content (AvgIpc) is 3.70. The molecule has 1 atom stereocenters. The summed E-state index contributed by atoms with van der Waals surface area (Å²) < 4.78 is 0. The summed E-state index contributed by atoms with van der Waals surface area (Å²) in [5.41, 5.74) is 6.98. The van der Waals surface area contributed by atoms with Crippen LogP contribution in [0, 0.1) is 5.41 Å². The Kier molecular flexibility index (Phi) is 8.97. The predicted molar refractivity (Wildman–Crippen MR) is 170 cm³/mol. The molecule has 3 aromatic carbocycles. The predicted octanol–water partition coefficient (Wildman–Crippen LogP) is 9.84. The molecule has 1 aliphatic carbocycles. The van der Waals surface area contributed by atoms with Crippen molar-refractivity contribution >= 4 is 52.4 Å². The summed E-state index contributed by atoms with van der Waals surface area (Å²) in [5.74, 6) is 0.692. The fourth-order valence-electron chi connectivity index (χ4n) is 5.35. The number of carbonyl (C=O) groups is 1. The van der Waals surface area contributed by atoms with Crippen molar-refractivity contribution in [1.82, 2.24) is 4.98 Å². The molecule has 0 bridgehead atoms. The highest BCUT2D eigenvalue weighted by Crippen LogP contribution is 2.53. The van der Waals surface area contributed by atoms with Gasteiger partial charge in [-0.25, -0.2) is 4.98 Å². The fourth-order valence-corrected chi connectivity index (χ4v) is 7.08. The Bertz CT molecular complexity index is 1530. The van der Waals surface area contributed by atoms with E-state index in [1.807, 2.05) is 42.1 Å². The van der Waals surface area contributed by atoms with Gasteiger partial charge < -0.3 is 5.11 Å². The number of carboxylic acids is 1. The molecule has 1 fully saturated rings. The first-order valence-electron chi connectivity index (χ1n) is 14.1. The minimum Gasteiger partial charge on any atom is -0.481 e. The Labute approximate surface area is 246 Å². The van der Waals surface area contributed by atoms with Gasteiger partial charge in [0.2, 0.25) is 0 Å². The largest absolute Gasteiger partial charge is 0.481 e. The van der Waals surface area contributed by atoms with E-state index in [4.69, 9.17) is 16.6 Å². The van der Waals surface area contributed by atoms with Gasteiger partial charge in [0.15, 0.2) is 0 Å². The third kappa shape index (κ3) is 7.35. The van der Waals surface area contributed by atoms with E-state index in [1.165, 1.54) is 16.7 Å². The van der Waals surface area contributed by atoms with Crippen molar-refractivity contribution in [1.29, 1.82) is 0 Å². The highest BCUT2D eigenvalue weighted by Gasteiger charge is 2.44. The second-order valence-electron chi connectivity index (χ2n) is 11.3. The number of nitrogens with zero attached hydrogens (tertiary/aromatic N) is 1. The minimum atomic E-state index is -0.683. The van der Waals surface area contributed by atoms with Crippen LogP contribution in [0.15, 0.2) is 78.9 Å². The Morgan fingerprint density at radius 1 is 1.02 bits per heavy atom. The Morgan fingerprint density at radius 3 is 2.60 bits per heavy atom. The van der Waals surface area contributed by atoms with Gasteiger partial charge in [-0.3, -0.25) is 4.79 Å². The third-order valence-electron chi connectivity index (χ3n) is 7.83. The first-order chi connectivity index (χ1) is 19.3. The molecule has 0 spiro atoms. The van der Waals surface area contributed by atoms with Crippen LogP contribution in [0.1, 0.15) is 78.6 Å². The highest BCUT2D eigenvalue weighted by atomic mass is 35.5. The molecule has 206 valence electrons. The maximum atomic E-state index is 11.5. The summed E-state index contributed by atoms with van der Waals surface area (Å²) in [6, 6.07) is 27.4. The van der Waals surface area contributed by atoms with Gasteiger partial charge in [0, 0.05) is 21.4 Å². The van der Waals surface area contributed by atoms with E-state index in [0.717, 1.165) is 53.6 Å². The summed E-state index contributed by atoms with van der Waals surface area (Å²) in [6.07, 6.45) is 8.48.